The smallest absolute Gasteiger partial charge is 0.280 e. The molecule has 2 N–H and O–H groups in total. The lowest BCUT2D eigenvalue weighted by Gasteiger charge is -2.14. The van der Waals surface area contributed by atoms with Crippen molar-refractivity contribution in [2.75, 3.05) is 4.72 Å². The van der Waals surface area contributed by atoms with Crippen LogP contribution in [0.3, 0.4) is 0 Å². The van der Waals surface area contributed by atoms with Crippen LogP contribution in [-0.4, -0.2) is 23.7 Å². The van der Waals surface area contributed by atoms with Crippen LogP contribution in [0.5, 0.6) is 0 Å². The molecule has 0 bridgehead atoms. The van der Waals surface area contributed by atoms with E-state index in [2.05, 4.69) is 19.4 Å². The summed E-state index contributed by atoms with van der Waals surface area (Å²) in [7, 11) is -4.14. The van der Waals surface area contributed by atoms with Crippen molar-refractivity contribution < 1.29 is 17.6 Å². The molecule has 12 heteroatoms. The molecule has 0 spiro atoms. The van der Waals surface area contributed by atoms with E-state index >= 15 is 0 Å². The molecule has 2 heterocycles. The SMILES string of the molecule is O=C(NCc1ccc(F)cc1Cl)c1cc(Cl)ccc1NS(=O)(=O)c1nccc2sncc12. The number of rotatable bonds is 6. The van der Waals surface area contributed by atoms with Gasteiger partial charge >= 0.3 is 0 Å². The van der Waals surface area contributed by atoms with Gasteiger partial charge in [-0.1, -0.05) is 29.3 Å². The third-order valence-corrected chi connectivity index (χ3v) is 7.10. The molecule has 0 radical (unpaired) electrons. The van der Waals surface area contributed by atoms with Crippen LogP contribution in [0.15, 0.2) is 59.9 Å². The first-order chi connectivity index (χ1) is 15.2. The average Bonchev–Trinajstić information content (AvgIpc) is 3.23. The molecule has 1 amide bonds. The molecule has 4 aromatic rings. The molecule has 0 aliphatic rings. The van der Waals surface area contributed by atoms with E-state index in [1.165, 1.54) is 42.7 Å². The molecule has 0 saturated heterocycles. The van der Waals surface area contributed by atoms with E-state index < -0.39 is 21.7 Å². The van der Waals surface area contributed by atoms with Crippen molar-refractivity contribution in [1.82, 2.24) is 14.7 Å². The number of benzene rings is 2. The Bertz CT molecular complexity index is 1440. The van der Waals surface area contributed by atoms with Crippen LogP contribution in [0, 0.1) is 5.82 Å². The summed E-state index contributed by atoms with van der Waals surface area (Å²) in [5.41, 5.74) is 0.500. The summed E-state index contributed by atoms with van der Waals surface area (Å²) in [6, 6.07) is 9.63. The highest BCUT2D eigenvalue weighted by Crippen LogP contribution is 2.28. The summed E-state index contributed by atoms with van der Waals surface area (Å²) in [6.07, 6.45) is 2.79. The van der Waals surface area contributed by atoms with Gasteiger partial charge in [0, 0.05) is 22.8 Å². The number of hydrogen-bond donors (Lipinski definition) is 2. The van der Waals surface area contributed by atoms with Crippen LogP contribution in [0.1, 0.15) is 15.9 Å². The highest BCUT2D eigenvalue weighted by Gasteiger charge is 2.23. The zero-order chi connectivity index (χ0) is 22.9. The second-order valence-corrected chi connectivity index (χ2v) is 9.84. The van der Waals surface area contributed by atoms with Crippen molar-refractivity contribution in [3.8, 4) is 0 Å². The predicted molar refractivity (Wildman–Crippen MR) is 122 cm³/mol. The molecule has 0 atom stereocenters. The number of hydrogen-bond acceptors (Lipinski definition) is 6. The third-order valence-electron chi connectivity index (χ3n) is 4.43. The van der Waals surface area contributed by atoms with E-state index in [-0.39, 0.29) is 32.9 Å². The van der Waals surface area contributed by atoms with E-state index in [0.29, 0.717) is 15.6 Å². The van der Waals surface area contributed by atoms with Crippen LogP contribution in [0.25, 0.3) is 10.1 Å². The zero-order valence-electron chi connectivity index (χ0n) is 16.0. The van der Waals surface area contributed by atoms with Gasteiger partial charge in [-0.2, -0.15) is 12.8 Å². The minimum Gasteiger partial charge on any atom is -0.348 e. The average molecular weight is 511 g/mol. The molecule has 164 valence electrons. The summed E-state index contributed by atoms with van der Waals surface area (Å²) >= 11 is 13.2. The van der Waals surface area contributed by atoms with E-state index in [1.54, 1.807) is 6.07 Å². The molecule has 2 aromatic heterocycles. The number of nitrogens with one attached hydrogen (secondary N) is 2. The van der Waals surface area contributed by atoms with Crippen molar-refractivity contribution in [2.24, 2.45) is 0 Å². The molecular weight excluding hydrogens is 498 g/mol. The van der Waals surface area contributed by atoms with Gasteiger partial charge in [-0.15, -0.1) is 0 Å². The number of pyridine rings is 1. The van der Waals surface area contributed by atoms with Crippen molar-refractivity contribution in [3.63, 3.8) is 0 Å². The summed E-state index contributed by atoms with van der Waals surface area (Å²) in [5.74, 6) is -1.10. The van der Waals surface area contributed by atoms with Gasteiger partial charge in [0.2, 0.25) is 0 Å². The molecular formula is C20H13Cl2FN4O3S2. The fourth-order valence-electron chi connectivity index (χ4n) is 2.91. The lowest BCUT2D eigenvalue weighted by molar-refractivity contribution is 0.0952. The van der Waals surface area contributed by atoms with Crippen LogP contribution >= 0.6 is 34.7 Å². The number of sulfonamides is 1. The Morgan fingerprint density at radius 1 is 1.12 bits per heavy atom. The second kappa shape index (κ2) is 8.99. The topological polar surface area (TPSA) is 101 Å². The first-order valence-corrected chi connectivity index (χ1v) is 12.0. The lowest BCUT2D eigenvalue weighted by atomic mass is 10.1. The number of halogens is 3. The molecule has 0 fully saturated rings. The van der Waals surface area contributed by atoms with Gasteiger partial charge in [0.05, 0.1) is 27.5 Å². The minimum atomic E-state index is -4.14. The monoisotopic (exact) mass is 510 g/mol. The van der Waals surface area contributed by atoms with Crippen LogP contribution < -0.4 is 10.0 Å². The Morgan fingerprint density at radius 2 is 1.94 bits per heavy atom. The lowest BCUT2D eigenvalue weighted by Crippen LogP contribution is -2.25. The Hall–Kier alpha value is -2.79. The van der Waals surface area contributed by atoms with Gasteiger partial charge in [-0.25, -0.2) is 9.37 Å². The molecule has 2 aromatic carbocycles. The van der Waals surface area contributed by atoms with Crippen LogP contribution in [-0.2, 0) is 16.6 Å². The first-order valence-electron chi connectivity index (χ1n) is 8.98. The fourth-order valence-corrected chi connectivity index (χ4v) is 5.24. The quantitative estimate of drug-likeness (QED) is 0.385. The number of aromatic nitrogens is 2. The van der Waals surface area contributed by atoms with Crippen LogP contribution in [0.2, 0.25) is 10.0 Å². The highest BCUT2D eigenvalue weighted by molar-refractivity contribution is 7.92. The van der Waals surface area contributed by atoms with Crippen molar-refractivity contribution in [3.05, 3.63) is 81.8 Å². The maximum absolute atomic E-state index is 13.2. The summed E-state index contributed by atoms with van der Waals surface area (Å²) < 4.78 is 46.3. The number of carbonyl (C=O) groups excluding carboxylic acids is 1. The van der Waals surface area contributed by atoms with Crippen molar-refractivity contribution >= 4 is 66.4 Å². The second-order valence-electron chi connectivity index (χ2n) is 6.57. The van der Waals surface area contributed by atoms with E-state index in [4.69, 9.17) is 23.2 Å². The van der Waals surface area contributed by atoms with Gasteiger partial charge in [-0.3, -0.25) is 9.52 Å². The minimum absolute atomic E-state index is 0.00190. The van der Waals surface area contributed by atoms with Gasteiger partial charge in [-0.05, 0) is 53.5 Å². The predicted octanol–water partition coefficient (Wildman–Crippen LogP) is 4.87. The van der Waals surface area contributed by atoms with Crippen molar-refractivity contribution in [2.45, 2.75) is 11.6 Å². The fraction of sp³-hybridized carbons (Fsp3) is 0.0500. The van der Waals surface area contributed by atoms with E-state index in [1.807, 2.05) is 0 Å². The van der Waals surface area contributed by atoms with Gasteiger partial charge < -0.3 is 5.32 Å². The third kappa shape index (κ3) is 4.68. The molecule has 0 aliphatic carbocycles. The van der Waals surface area contributed by atoms with Gasteiger partial charge in [0.25, 0.3) is 15.9 Å². The zero-order valence-corrected chi connectivity index (χ0v) is 19.1. The Labute approximate surface area is 196 Å². The summed E-state index contributed by atoms with van der Waals surface area (Å²) in [4.78, 5) is 16.8. The van der Waals surface area contributed by atoms with Gasteiger partial charge in [0.1, 0.15) is 5.82 Å². The number of fused-ring (bicyclic) bond motifs is 1. The summed E-state index contributed by atoms with van der Waals surface area (Å²) in [5, 5.41) is 3.19. The molecule has 0 aliphatic heterocycles. The molecule has 0 unspecified atom stereocenters. The van der Waals surface area contributed by atoms with Crippen LogP contribution in [0.4, 0.5) is 10.1 Å². The first kappa shape index (κ1) is 22.4. The Morgan fingerprint density at radius 3 is 2.72 bits per heavy atom. The number of anilines is 1. The maximum atomic E-state index is 13.2. The largest absolute Gasteiger partial charge is 0.348 e. The maximum Gasteiger partial charge on any atom is 0.280 e. The number of amides is 1. The normalized spacial score (nSPS) is 11.5. The molecule has 0 saturated carbocycles. The van der Waals surface area contributed by atoms with E-state index in [9.17, 15) is 17.6 Å². The van der Waals surface area contributed by atoms with E-state index in [0.717, 1.165) is 17.6 Å². The Balaban J connectivity index is 1.62. The standard InChI is InChI=1S/C20H13Cl2FN4O3S2/c21-12-2-4-17(27-32(29,30)20-15-10-26-31-18(15)5-6-24-20)14(7-12)19(28)25-9-11-1-3-13(23)8-16(11)22/h1-8,10,27H,9H2,(H,25,28). The molecule has 4 rings (SSSR count). The van der Waals surface area contributed by atoms with Gasteiger partial charge in [0.15, 0.2) is 5.03 Å². The number of nitrogens with zero attached hydrogens (tertiary/aromatic N) is 2. The molecule has 32 heavy (non-hydrogen) atoms. The summed E-state index contributed by atoms with van der Waals surface area (Å²) in [6.45, 7) is -0.00190. The number of carbonyl (C=O) groups is 1. The Kier molecular flexibility index (Phi) is 6.29. The highest BCUT2D eigenvalue weighted by atomic mass is 35.5. The van der Waals surface area contributed by atoms with Crippen molar-refractivity contribution in [1.29, 1.82) is 0 Å². The molecule has 7 nitrogen and oxygen atoms in total.